The van der Waals surface area contributed by atoms with Crippen LogP contribution in [0.3, 0.4) is 0 Å². The van der Waals surface area contributed by atoms with Gasteiger partial charge in [-0.05, 0) is 6.07 Å². The molecule has 0 radical (unpaired) electrons. The highest BCUT2D eigenvalue weighted by Crippen LogP contribution is 2.34. The van der Waals surface area contributed by atoms with Crippen LogP contribution in [0, 0.1) is 11.3 Å². The number of hydrogen-bond acceptors (Lipinski definition) is 2. The van der Waals surface area contributed by atoms with E-state index in [0.29, 0.717) is 6.20 Å². The summed E-state index contributed by atoms with van der Waals surface area (Å²) in [4.78, 5) is 3.00. The molecule has 1 aromatic heterocycles. The van der Waals surface area contributed by atoms with Gasteiger partial charge in [0.05, 0.1) is 12.5 Å². The SMILES string of the molecule is N#CCc1c(C(F)F)ccnc1C(F)(F)F. The van der Waals surface area contributed by atoms with Gasteiger partial charge in [-0.1, -0.05) is 0 Å². The first-order valence-electron chi connectivity index (χ1n) is 4.08. The van der Waals surface area contributed by atoms with Crippen molar-refractivity contribution in [2.24, 2.45) is 0 Å². The first-order valence-corrected chi connectivity index (χ1v) is 4.08. The molecule has 0 amide bonds. The van der Waals surface area contributed by atoms with Crippen molar-refractivity contribution in [2.45, 2.75) is 19.0 Å². The van der Waals surface area contributed by atoms with Crippen molar-refractivity contribution in [3.8, 4) is 6.07 Å². The second-order valence-electron chi connectivity index (χ2n) is 2.86. The fraction of sp³-hybridized carbons (Fsp3) is 0.333. The van der Waals surface area contributed by atoms with Crippen LogP contribution in [-0.4, -0.2) is 4.98 Å². The van der Waals surface area contributed by atoms with Gasteiger partial charge < -0.3 is 0 Å². The van der Waals surface area contributed by atoms with Crippen LogP contribution >= 0.6 is 0 Å². The van der Waals surface area contributed by atoms with Crippen molar-refractivity contribution < 1.29 is 22.0 Å². The summed E-state index contributed by atoms with van der Waals surface area (Å²) in [6, 6.07) is 2.20. The summed E-state index contributed by atoms with van der Waals surface area (Å²) in [5.41, 5.74) is -2.98. The number of hydrogen-bond donors (Lipinski definition) is 0. The zero-order valence-corrected chi connectivity index (χ0v) is 7.72. The fourth-order valence-corrected chi connectivity index (χ4v) is 1.22. The Labute approximate surface area is 87.3 Å². The van der Waals surface area contributed by atoms with Crippen LogP contribution in [0.4, 0.5) is 22.0 Å². The summed E-state index contributed by atoms with van der Waals surface area (Å²) < 4.78 is 62.0. The Balaban J connectivity index is 3.40. The number of nitriles is 1. The summed E-state index contributed by atoms with van der Waals surface area (Å²) >= 11 is 0. The van der Waals surface area contributed by atoms with Gasteiger partial charge in [0.1, 0.15) is 5.69 Å². The second kappa shape index (κ2) is 4.43. The molecular formula is C9H5F5N2. The van der Waals surface area contributed by atoms with Crippen LogP contribution in [-0.2, 0) is 12.6 Å². The minimum absolute atomic E-state index is 0.658. The van der Waals surface area contributed by atoms with Gasteiger partial charge in [0.2, 0.25) is 0 Å². The highest BCUT2D eigenvalue weighted by Gasteiger charge is 2.37. The minimum Gasteiger partial charge on any atom is -0.251 e. The maximum absolute atomic E-state index is 12.4. The van der Waals surface area contributed by atoms with E-state index in [9.17, 15) is 22.0 Å². The summed E-state index contributed by atoms with van der Waals surface area (Å²) in [5, 5.41) is 8.33. The van der Waals surface area contributed by atoms with E-state index in [1.165, 1.54) is 6.07 Å². The average Bonchev–Trinajstić information content (AvgIpc) is 2.16. The highest BCUT2D eigenvalue weighted by molar-refractivity contribution is 5.34. The molecule has 0 N–H and O–H groups in total. The maximum atomic E-state index is 12.4. The predicted molar refractivity (Wildman–Crippen MR) is 43.5 cm³/mol. The Bertz CT molecular complexity index is 419. The van der Waals surface area contributed by atoms with Gasteiger partial charge >= 0.3 is 6.18 Å². The molecule has 16 heavy (non-hydrogen) atoms. The quantitative estimate of drug-likeness (QED) is 0.740. The van der Waals surface area contributed by atoms with Crippen LogP contribution in [0.5, 0.6) is 0 Å². The molecule has 0 bridgehead atoms. The van der Waals surface area contributed by atoms with Crippen LogP contribution in [0.25, 0.3) is 0 Å². The number of aromatic nitrogens is 1. The van der Waals surface area contributed by atoms with Crippen LogP contribution in [0.1, 0.15) is 23.2 Å². The lowest BCUT2D eigenvalue weighted by atomic mass is 10.0. The van der Waals surface area contributed by atoms with Crippen molar-refractivity contribution in [2.75, 3.05) is 0 Å². The van der Waals surface area contributed by atoms with Crippen molar-refractivity contribution in [1.29, 1.82) is 5.26 Å². The molecular weight excluding hydrogens is 231 g/mol. The topological polar surface area (TPSA) is 36.7 Å². The highest BCUT2D eigenvalue weighted by atomic mass is 19.4. The Hall–Kier alpha value is -1.71. The van der Waals surface area contributed by atoms with E-state index in [1.807, 2.05) is 0 Å². The normalized spacial score (nSPS) is 11.6. The summed E-state index contributed by atoms with van der Waals surface area (Å²) in [7, 11) is 0. The summed E-state index contributed by atoms with van der Waals surface area (Å²) in [5.74, 6) is 0. The molecule has 1 aromatic rings. The third kappa shape index (κ3) is 2.45. The van der Waals surface area contributed by atoms with Gasteiger partial charge in [0.15, 0.2) is 0 Å². The average molecular weight is 236 g/mol. The number of pyridine rings is 1. The molecule has 0 aromatic carbocycles. The lowest BCUT2D eigenvalue weighted by Gasteiger charge is -2.13. The molecule has 0 unspecified atom stereocenters. The second-order valence-corrected chi connectivity index (χ2v) is 2.86. The van der Waals surface area contributed by atoms with E-state index >= 15 is 0 Å². The number of nitrogens with zero attached hydrogens (tertiary/aromatic N) is 2. The van der Waals surface area contributed by atoms with E-state index in [2.05, 4.69) is 4.98 Å². The molecule has 1 rings (SSSR count). The first-order chi connectivity index (χ1) is 7.38. The van der Waals surface area contributed by atoms with E-state index in [1.54, 1.807) is 0 Å². The van der Waals surface area contributed by atoms with Crippen molar-refractivity contribution in [1.82, 2.24) is 4.98 Å². The third-order valence-electron chi connectivity index (χ3n) is 1.85. The monoisotopic (exact) mass is 236 g/mol. The lowest BCUT2D eigenvalue weighted by Crippen LogP contribution is -2.14. The van der Waals surface area contributed by atoms with Gasteiger partial charge in [-0.3, -0.25) is 4.98 Å². The predicted octanol–water partition coefficient (Wildman–Crippen LogP) is 3.10. The fourth-order valence-electron chi connectivity index (χ4n) is 1.22. The van der Waals surface area contributed by atoms with Gasteiger partial charge in [0, 0.05) is 17.3 Å². The van der Waals surface area contributed by atoms with Crippen molar-refractivity contribution in [3.63, 3.8) is 0 Å². The van der Waals surface area contributed by atoms with Gasteiger partial charge in [-0.25, -0.2) is 8.78 Å². The maximum Gasteiger partial charge on any atom is 0.433 e. The number of rotatable bonds is 2. The van der Waals surface area contributed by atoms with E-state index in [4.69, 9.17) is 5.26 Å². The molecule has 0 saturated carbocycles. The Morgan fingerprint density at radius 1 is 1.38 bits per heavy atom. The van der Waals surface area contributed by atoms with Crippen LogP contribution in [0.15, 0.2) is 12.3 Å². The van der Waals surface area contributed by atoms with E-state index < -0.39 is 35.8 Å². The van der Waals surface area contributed by atoms with E-state index in [0.717, 1.165) is 6.07 Å². The zero-order chi connectivity index (χ0) is 12.3. The summed E-state index contributed by atoms with van der Waals surface area (Å²) in [6.07, 6.45) is -7.99. The minimum atomic E-state index is -4.84. The smallest absolute Gasteiger partial charge is 0.251 e. The zero-order valence-electron chi connectivity index (χ0n) is 7.72. The molecule has 0 atom stereocenters. The van der Waals surface area contributed by atoms with Crippen molar-refractivity contribution in [3.05, 3.63) is 29.1 Å². The Kier molecular flexibility index (Phi) is 3.42. The number of halogens is 5. The molecule has 0 aliphatic heterocycles. The van der Waals surface area contributed by atoms with Gasteiger partial charge in [-0.15, -0.1) is 0 Å². The van der Waals surface area contributed by atoms with Gasteiger partial charge in [-0.2, -0.15) is 18.4 Å². The molecule has 0 spiro atoms. The largest absolute Gasteiger partial charge is 0.433 e. The first kappa shape index (κ1) is 12.4. The standard InChI is InChI=1S/C9H5F5N2/c10-8(11)6-2-4-16-7(9(12,13)14)5(6)1-3-15/h2,4,8H,1H2. The number of alkyl halides is 5. The molecule has 2 nitrogen and oxygen atoms in total. The third-order valence-corrected chi connectivity index (χ3v) is 1.85. The lowest BCUT2D eigenvalue weighted by molar-refractivity contribution is -0.141. The Morgan fingerprint density at radius 2 is 2.00 bits per heavy atom. The molecule has 0 fully saturated rings. The van der Waals surface area contributed by atoms with Crippen molar-refractivity contribution >= 4 is 0 Å². The molecule has 7 heteroatoms. The molecule has 0 aliphatic rings. The van der Waals surface area contributed by atoms with Crippen LogP contribution in [0.2, 0.25) is 0 Å². The summed E-state index contributed by atoms with van der Waals surface area (Å²) in [6.45, 7) is 0. The molecule has 0 aliphatic carbocycles. The van der Waals surface area contributed by atoms with Gasteiger partial charge in [0.25, 0.3) is 6.43 Å². The molecule has 0 saturated heterocycles. The molecule has 1 heterocycles. The van der Waals surface area contributed by atoms with Crippen LogP contribution < -0.4 is 0 Å². The molecule has 86 valence electrons. The Morgan fingerprint density at radius 3 is 2.44 bits per heavy atom. The van der Waals surface area contributed by atoms with E-state index in [-0.39, 0.29) is 0 Å².